The zero-order chi connectivity index (χ0) is 13.5. The minimum absolute atomic E-state index is 0.0112. The molecule has 0 atom stereocenters. The van der Waals surface area contributed by atoms with Gasteiger partial charge in [0.1, 0.15) is 12.4 Å². The monoisotopic (exact) mass is 252 g/mol. The van der Waals surface area contributed by atoms with Crippen molar-refractivity contribution in [2.75, 3.05) is 0 Å². The maximum absolute atomic E-state index is 11.6. The minimum atomic E-state index is 0.0112. The van der Waals surface area contributed by atoms with Crippen LogP contribution in [0.4, 0.5) is 0 Å². The zero-order valence-electron chi connectivity index (χ0n) is 10.9. The first-order valence-corrected chi connectivity index (χ1v) is 6.23. The fourth-order valence-corrected chi connectivity index (χ4v) is 1.70. The Kier molecular flexibility index (Phi) is 4.51. The van der Waals surface area contributed by atoms with Crippen LogP contribution in [0.5, 0.6) is 5.75 Å². The number of carbonyl (C=O) groups excluding carboxylic acids is 1. The Balaban J connectivity index is 1.97. The van der Waals surface area contributed by atoms with Gasteiger partial charge in [-0.1, -0.05) is 36.4 Å². The molecule has 0 saturated heterocycles. The van der Waals surface area contributed by atoms with Crippen molar-refractivity contribution in [2.45, 2.75) is 13.5 Å². The van der Waals surface area contributed by atoms with E-state index in [0.717, 1.165) is 11.3 Å². The van der Waals surface area contributed by atoms with Crippen LogP contribution in [0, 0.1) is 0 Å². The summed E-state index contributed by atoms with van der Waals surface area (Å²) >= 11 is 0. The molecule has 0 radical (unpaired) electrons. The first-order chi connectivity index (χ1) is 9.29. The van der Waals surface area contributed by atoms with Crippen molar-refractivity contribution in [3.8, 4) is 5.75 Å². The van der Waals surface area contributed by atoms with E-state index in [0.29, 0.717) is 12.2 Å². The molecule has 2 aromatic carbocycles. The van der Waals surface area contributed by atoms with E-state index in [1.807, 2.05) is 49.4 Å². The predicted molar refractivity (Wildman–Crippen MR) is 76.4 cm³/mol. The number of carbonyl (C=O) groups is 1. The Morgan fingerprint density at radius 2 is 1.74 bits per heavy atom. The quantitative estimate of drug-likeness (QED) is 0.593. The molecule has 0 aliphatic rings. The topological polar surface area (TPSA) is 26.3 Å². The predicted octanol–water partition coefficient (Wildman–Crippen LogP) is 4.02. The number of hydrogen-bond donors (Lipinski definition) is 0. The molecule has 0 heterocycles. The molecular weight excluding hydrogens is 236 g/mol. The average molecular weight is 252 g/mol. The Morgan fingerprint density at radius 3 is 2.37 bits per heavy atom. The lowest BCUT2D eigenvalue weighted by Gasteiger charge is -2.06. The summed E-state index contributed by atoms with van der Waals surface area (Å²) in [5, 5.41) is 0. The molecule has 2 heteroatoms. The molecular formula is C17H16O2. The highest BCUT2D eigenvalue weighted by Crippen LogP contribution is 2.14. The van der Waals surface area contributed by atoms with E-state index in [1.165, 1.54) is 0 Å². The normalized spacial score (nSPS) is 10.6. The van der Waals surface area contributed by atoms with E-state index in [9.17, 15) is 4.79 Å². The summed E-state index contributed by atoms with van der Waals surface area (Å²) in [6, 6.07) is 17.2. The molecule has 0 aliphatic heterocycles. The van der Waals surface area contributed by atoms with Crippen LogP contribution >= 0.6 is 0 Å². The van der Waals surface area contributed by atoms with Gasteiger partial charge in [-0.3, -0.25) is 4.79 Å². The molecule has 0 saturated carbocycles. The summed E-state index contributed by atoms with van der Waals surface area (Å²) in [6.07, 6.45) is 3.29. The van der Waals surface area contributed by atoms with E-state index in [1.54, 1.807) is 24.3 Å². The summed E-state index contributed by atoms with van der Waals surface area (Å²) in [6.45, 7) is 2.36. The Morgan fingerprint density at radius 1 is 1.05 bits per heavy atom. The standard InChI is InChI=1S/C17H16O2/c1-2-6-17(18)15-9-11-16(12-10-15)19-13-14-7-4-3-5-8-14/h2-12H,13H2,1H3. The number of ether oxygens (including phenoxy) is 1. The molecule has 0 aliphatic carbocycles. The van der Waals surface area contributed by atoms with Gasteiger partial charge in [-0.05, 0) is 42.8 Å². The fourth-order valence-electron chi connectivity index (χ4n) is 1.70. The summed E-state index contributed by atoms with van der Waals surface area (Å²) in [4.78, 5) is 11.6. The van der Waals surface area contributed by atoms with Crippen molar-refractivity contribution in [3.63, 3.8) is 0 Å². The molecule has 96 valence electrons. The van der Waals surface area contributed by atoms with Gasteiger partial charge in [-0.2, -0.15) is 0 Å². The molecule has 0 aromatic heterocycles. The molecule has 0 fully saturated rings. The van der Waals surface area contributed by atoms with E-state index in [2.05, 4.69) is 0 Å². The molecule has 2 rings (SSSR count). The van der Waals surface area contributed by atoms with E-state index in [4.69, 9.17) is 4.74 Å². The Bertz CT molecular complexity index is 554. The van der Waals surface area contributed by atoms with E-state index in [-0.39, 0.29) is 5.78 Å². The number of benzene rings is 2. The average Bonchev–Trinajstić information content (AvgIpc) is 2.47. The number of rotatable bonds is 5. The summed E-state index contributed by atoms with van der Waals surface area (Å²) in [5.74, 6) is 0.776. The smallest absolute Gasteiger partial charge is 0.185 e. The van der Waals surface area contributed by atoms with Crippen LogP contribution in [-0.2, 0) is 6.61 Å². The third-order valence-electron chi connectivity index (χ3n) is 2.71. The summed E-state index contributed by atoms with van der Waals surface area (Å²) in [7, 11) is 0. The number of ketones is 1. The van der Waals surface area contributed by atoms with Crippen molar-refractivity contribution in [1.82, 2.24) is 0 Å². The maximum atomic E-state index is 11.6. The van der Waals surface area contributed by atoms with Crippen LogP contribution in [0.25, 0.3) is 0 Å². The van der Waals surface area contributed by atoms with Gasteiger partial charge in [0, 0.05) is 5.56 Å². The van der Waals surface area contributed by atoms with Crippen LogP contribution in [0.1, 0.15) is 22.8 Å². The summed E-state index contributed by atoms with van der Waals surface area (Å²) < 4.78 is 5.66. The van der Waals surface area contributed by atoms with Gasteiger partial charge < -0.3 is 4.74 Å². The van der Waals surface area contributed by atoms with Crippen molar-refractivity contribution in [1.29, 1.82) is 0 Å². The van der Waals surface area contributed by atoms with Crippen LogP contribution < -0.4 is 4.74 Å². The van der Waals surface area contributed by atoms with Gasteiger partial charge in [-0.25, -0.2) is 0 Å². The molecule has 0 spiro atoms. The van der Waals surface area contributed by atoms with Gasteiger partial charge in [0.25, 0.3) is 0 Å². The van der Waals surface area contributed by atoms with Crippen LogP contribution in [0.15, 0.2) is 66.7 Å². The molecule has 0 amide bonds. The van der Waals surface area contributed by atoms with Gasteiger partial charge in [0.15, 0.2) is 5.78 Å². The van der Waals surface area contributed by atoms with E-state index >= 15 is 0 Å². The van der Waals surface area contributed by atoms with Crippen LogP contribution in [-0.4, -0.2) is 5.78 Å². The molecule has 2 nitrogen and oxygen atoms in total. The number of hydrogen-bond acceptors (Lipinski definition) is 2. The largest absolute Gasteiger partial charge is 0.489 e. The molecule has 2 aromatic rings. The van der Waals surface area contributed by atoms with Crippen molar-refractivity contribution >= 4 is 5.78 Å². The second-order valence-corrected chi connectivity index (χ2v) is 4.16. The first kappa shape index (κ1) is 13.1. The highest BCUT2D eigenvalue weighted by molar-refractivity contribution is 6.04. The third kappa shape index (κ3) is 3.81. The second-order valence-electron chi connectivity index (χ2n) is 4.16. The SMILES string of the molecule is CC=CC(=O)c1ccc(OCc2ccccc2)cc1. The van der Waals surface area contributed by atoms with Gasteiger partial charge in [0.05, 0.1) is 0 Å². The third-order valence-corrected chi connectivity index (χ3v) is 2.71. The van der Waals surface area contributed by atoms with Crippen molar-refractivity contribution in [3.05, 3.63) is 77.9 Å². The lowest BCUT2D eigenvalue weighted by molar-refractivity contribution is 0.104. The van der Waals surface area contributed by atoms with Gasteiger partial charge in [0.2, 0.25) is 0 Å². The molecule has 0 unspecified atom stereocenters. The molecule has 0 bridgehead atoms. The second kappa shape index (κ2) is 6.55. The lowest BCUT2D eigenvalue weighted by Crippen LogP contribution is -1.97. The first-order valence-electron chi connectivity index (χ1n) is 6.23. The van der Waals surface area contributed by atoms with E-state index < -0.39 is 0 Å². The lowest BCUT2D eigenvalue weighted by atomic mass is 10.1. The fraction of sp³-hybridized carbons (Fsp3) is 0.118. The Labute approximate surface area is 113 Å². The van der Waals surface area contributed by atoms with Crippen LogP contribution in [0.3, 0.4) is 0 Å². The zero-order valence-corrected chi connectivity index (χ0v) is 10.9. The highest BCUT2D eigenvalue weighted by Gasteiger charge is 2.01. The Hall–Kier alpha value is -2.35. The highest BCUT2D eigenvalue weighted by atomic mass is 16.5. The van der Waals surface area contributed by atoms with Gasteiger partial charge in [-0.15, -0.1) is 0 Å². The van der Waals surface area contributed by atoms with Crippen molar-refractivity contribution in [2.24, 2.45) is 0 Å². The molecule has 0 N–H and O–H groups in total. The van der Waals surface area contributed by atoms with Gasteiger partial charge >= 0.3 is 0 Å². The summed E-state index contributed by atoms with van der Waals surface area (Å²) in [5.41, 5.74) is 1.79. The minimum Gasteiger partial charge on any atom is -0.489 e. The molecule has 19 heavy (non-hydrogen) atoms. The van der Waals surface area contributed by atoms with Crippen LogP contribution in [0.2, 0.25) is 0 Å². The van der Waals surface area contributed by atoms with Crippen molar-refractivity contribution < 1.29 is 9.53 Å². The number of allylic oxidation sites excluding steroid dienone is 2. The maximum Gasteiger partial charge on any atom is 0.185 e.